The van der Waals surface area contributed by atoms with E-state index >= 15 is 0 Å². The fourth-order valence-corrected chi connectivity index (χ4v) is 3.11. The van der Waals surface area contributed by atoms with Crippen LogP contribution in [-0.4, -0.2) is 47.0 Å². The molecule has 2 aromatic carbocycles. The first-order valence-electron chi connectivity index (χ1n) is 7.80. The summed E-state index contributed by atoms with van der Waals surface area (Å²) in [6.45, 7) is 2.71. The number of benzene rings is 2. The maximum Gasteiger partial charge on any atom is 0.253 e. The highest BCUT2D eigenvalue weighted by Crippen LogP contribution is 2.21. The Morgan fingerprint density at radius 3 is 2.17 bits per heavy atom. The zero-order valence-electron chi connectivity index (χ0n) is 13.1. The SMILES string of the molecule is O=C(c1ccccc1)N1CCN(C(=S)Nc2ccccc2Cl)CC1. The first-order chi connectivity index (χ1) is 11.6. The monoisotopic (exact) mass is 359 g/mol. The Hall–Kier alpha value is -2.11. The molecular weight excluding hydrogens is 342 g/mol. The van der Waals surface area contributed by atoms with Gasteiger partial charge in [-0.1, -0.05) is 41.9 Å². The minimum atomic E-state index is 0.0697. The van der Waals surface area contributed by atoms with E-state index in [4.69, 9.17) is 23.8 Å². The number of nitrogens with one attached hydrogen (secondary N) is 1. The summed E-state index contributed by atoms with van der Waals surface area (Å²) in [7, 11) is 0. The molecule has 0 atom stereocenters. The normalized spacial score (nSPS) is 14.4. The molecule has 0 aromatic heterocycles. The fourth-order valence-electron chi connectivity index (χ4n) is 2.63. The Balaban J connectivity index is 1.56. The smallest absolute Gasteiger partial charge is 0.253 e. The van der Waals surface area contributed by atoms with Gasteiger partial charge in [-0.3, -0.25) is 4.79 Å². The lowest BCUT2D eigenvalue weighted by Gasteiger charge is -2.36. The molecule has 4 nitrogen and oxygen atoms in total. The van der Waals surface area contributed by atoms with Crippen molar-refractivity contribution in [3.05, 3.63) is 65.2 Å². The molecule has 1 N–H and O–H groups in total. The van der Waals surface area contributed by atoms with Crippen molar-refractivity contribution in [3.63, 3.8) is 0 Å². The van der Waals surface area contributed by atoms with Crippen LogP contribution in [0.1, 0.15) is 10.4 Å². The third-order valence-electron chi connectivity index (χ3n) is 3.99. The van der Waals surface area contributed by atoms with E-state index in [9.17, 15) is 4.79 Å². The number of rotatable bonds is 2. The van der Waals surface area contributed by atoms with Gasteiger partial charge in [-0.2, -0.15) is 0 Å². The van der Waals surface area contributed by atoms with Crippen molar-refractivity contribution in [3.8, 4) is 0 Å². The molecule has 1 amide bonds. The summed E-state index contributed by atoms with van der Waals surface area (Å²) in [5.41, 5.74) is 1.52. The van der Waals surface area contributed by atoms with Gasteiger partial charge in [0.05, 0.1) is 10.7 Å². The standard InChI is InChI=1S/C18H18ClN3OS/c19-15-8-4-5-9-16(15)20-18(24)22-12-10-21(11-13-22)17(23)14-6-2-1-3-7-14/h1-9H,10-13H2,(H,20,24). The van der Waals surface area contributed by atoms with Crippen LogP contribution >= 0.6 is 23.8 Å². The predicted molar refractivity (Wildman–Crippen MR) is 102 cm³/mol. The largest absolute Gasteiger partial charge is 0.345 e. The molecule has 1 fully saturated rings. The van der Waals surface area contributed by atoms with Crippen molar-refractivity contribution in [1.82, 2.24) is 9.80 Å². The molecule has 0 radical (unpaired) electrons. The predicted octanol–water partition coefficient (Wildman–Crippen LogP) is 3.49. The van der Waals surface area contributed by atoms with E-state index in [1.54, 1.807) is 0 Å². The van der Waals surface area contributed by atoms with Crippen LogP contribution in [0.15, 0.2) is 54.6 Å². The average molecular weight is 360 g/mol. The first-order valence-corrected chi connectivity index (χ1v) is 8.58. The molecule has 1 saturated heterocycles. The zero-order valence-corrected chi connectivity index (χ0v) is 14.7. The van der Waals surface area contributed by atoms with Crippen LogP contribution in [0.25, 0.3) is 0 Å². The molecule has 2 aromatic rings. The van der Waals surface area contributed by atoms with E-state index in [-0.39, 0.29) is 5.91 Å². The van der Waals surface area contributed by atoms with Crippen molar-refractivity contribution in [2.24, 2.45) is 0 Å². The second-order valence-electron chi connectivity index (χ2n) is 5.56. The van der Waals surface area contributed by atoms with E-state index in [0.717, 1.165) is 11.3 Å². The summed E-state index contributed by atoms with van der Waals surface area (Å²) < 4.78 is 0. The highest BCUT2D eigenvalue weighted by molar-refractivity contribution is 7.80. The van der Waals surface area contributed by atoms with Gasteiger partial charge in [0.25, 0.3) is 5.91 Å². The Labute approximate surface area is 152 Å². The molecular formula is C18H18ClN3OS. The second kappa shape index (κ2) is 7.64. The molecule has 124 valence electrons. The molecule has 0 saturated carbocycles. The van der Waals surface area contributed by atoms with Crippen LogP contribution in [0.3, 0.4) is 0 Å². The van der Waals surface area contributed by atoms with Crippen molar-refractivity contribution < 1.29 is 4.79 Å². The molecule has 1 aliphatic rings. The van der Waals surface area contributed by atoms with Gasteiger partial charge in [-0.05, 0) is 36.5 Å². The number of carbonyl (C=O) groups is 1. The molecule has 1 aliphatic heterocycles. The van der Waals surface area contributed by atoms with E-state index in [1.807, 2.05) is 59.5 Å². The van der Waals surface area contributed by atoms with Gasteiger partial charge in [0.1, 0.15) is 0 Å². The summed E-state index contributed by atoms with van der Waals surface area (Å²) in [6, 6.07) is 16.9. The molecule has 3 rings (SSSR count). The Bertz CT molecular complexity index is 730. The van der Waals surface area contributed by atoms with Crippen molar-refractivity contribution in [1.29, 1.82) is 0 Å². The van der Waals surface area contributed by atoms with Gasteiger partial charge >= 0.3 is 0 Å². The highest BCUT2D eigenvalue weighted by Gasteiger charge is 2.23. The number of halogens is 1. The van der Waals surface area contributed by atoms with E-state index < -0.39 is 0 Å². The number of anilines is 1. The average Bonchev–Trinajstić information content (AvgIpc) is 2.64. The molecule has 6 heteroatoms. The molecule has 0 unspecified atom stereocenters. The van der Waals surface area contributed by atoms with Crippen molar-refractivity contribution in [2.75, 3.05) is 31.5 Å². The summed E-state index contributed by atoms with van der Waals surface area (Å²) in [5, 5.41) is 4.45. The van der Waals surface area contributed by atoms with Crippen LogP contribution in [0.4, 0.5) is 5.69 Å². The van der Waals surface area contributed by atoms with Gasteiger partial charge in [-0.25, -0.2) is 0 Å². The summed E-state index contributed by atoms with van der Waals surface area (Å²) in [5.74, 6) is 0.0697. The van der Waals surface area contributed by atoms with Crippen molar-refractivity contribution >= 4 is 40.5 Å². The summed E-state index contributed by atoms with van der Waals surface area (Å²) in [4.78, 5) is 16.4. The fraction of sp³-hybridized carbons (Fsp3) is 0.222. The van der Waals surface area contributed by atoms with E-state index in [2.05, 4.69) is 10.2 Å². The topological polar surface area (TPSA) is 35.6 Å². The quantitative estimate of drug-likeness (QED) is 0.832. The Morgan fingerprint density at radius 1 is 0.917 bits per heavy atom. The van der Waals surface area contributed by atoms with Crippen LogP contribution in [0.5, 0.6) is 0 Å². The zero-order chi connectivity index (χ0) is 16.9. The van der Waals surface area contributed by atoms with Crippen LogP contribution in [0.2, 0.25) is 5.02 Å². The van der Waals surface area contributed by atoms with Gasteiger partial charge in [0.2, 0.25) is 0 Å². The minimum absolute atomic E-state index is 0.0697. The van der Waals surface area contributed by atoms with Gasteiger partial charge < -0.3 is 15.1 Å². The highest BCUT2D eigenvalue weighted by atomic mass is 35.5. The Kier molecular flexibility index (Phi) is 5.33. The molecule has 0 spiro atoms. The number of nitrogens with zero attached hydrogens (tertiary/aromatic N) is 2. The first kappa shape index (κ1) is 16.7. The number of carbonyl (C=O) groups excluding carboxylic acids is 1. The van der Waals surface area contributed by atoms with Gasteiger partial charge in [-0.15, -0.1) is 0 Å². The summed E-state index contributed by atoms with van der Waals surface area (Å²) in [6.07, 6.45) is 0. The van der Waals surface area contributed by atoms with Crippen LogP contribution < -0.4 is 5.32 Å². The maximum atomic E-state index is 12.5. The number of piperazine rings is 1. The molecule has 0 aliphatic carbocycles. The van der Waals surface area contributed by atoms with Gasteiger partial charge in [0, 0.05) is 31.7 Å². The second-order valence-corrected chi connectivity index (χ2v) is 6.35. The Morgan fingerprint density at radius 2 is 1.50 bits per heavy atom. The number of hydrogen-bond acceptors (Lipinski definition) is 2. The number of thiocarbonyl (C=S) groups is 1. The minimum Gasteiger partial charge on any atom is -0.345 e. The van der Waals surface area contributed by atoms with Crippen LogP contribution in [-0.2, 0) is 0 Å². The van der Waals surface area contributed by atoms with Crippen LogP contribution in [0, 0.1) is 0 Å². The lowest BCUT2D eigenvalue weighted by Crippen LogP contribution is -2.51. The van der Waals surface area contributed by atoms with Crippen molar-refractivity contribution in [2.45, 2.75) is 0 Å². The lowest BCUT2D eigenvalue weighted by molar-refractivity contribution is 0.0693. The number of hydrogen-bond donors (Lipinski definition) is 1. The summed E-state index contributed by atoms with van der Waals surface area (Å²) >= 11 is 11.6. The van der Waals surface area contributed by atoms with E-state index in [0.29, 0.717) is 36.3 Å². The molecule has 0 bridgehead atoms. The molecule has 1 heterocycles. The van der Waals surface area contributed by atoms with Gasteiger partial charge in [0.15, 0.2) is 5.11 Å². The third-order valence-corrected chi connectivity index (χ3v) is 4.68. The van der Waals surface area contributed by atoms with E-state index in [1.165, 1.54) is 0 Å². The maximum absolute atomic E-state index is 12.5. The third kappa shape index (κ3) is 3.86. The molecule has 24 heavy (non-hydrogen) atoms. The lowest BCUT2D eigenvalue weighted by atomic mass is 10.2. The number of para-hydroxylation sites is 1. The number of amides is 1.